The minimum absolute atomic E-state index is 0.170. The maximum atomic E-state index is 15.5. The van der Waals surface area contributed by atoms with Crippen molar-refractivity contribution in [2.45, 2.75) is 115 Å². The highest BCUT2D eigenvalue weighted by molar-refractivity contribution is 5.65. The standard InChI is InChI=1S/C36H49F2NO/c1-7-9-10-11-12-26-13-15-27(16-14-26)31-20-18-29(23-34(31)38)32-19-17-28(22-33(32)37)30-24-35(3,4)39(40-21-8-2)36(5,6)25-30/h7,11-12,17-20,22-23,26-27,30H,1,8-10,13-16,21,24-25H2,2-6H3/b12-11+. The van der Waals surface area contributed by atoms with Gasteiger partial charge in [-0.3, -0.25) is 4.84 Å². The summed E-state index contributed by atoms with van der Waals surface area (Å²) in [5.74, 6) is 0.546. The fraction of sp³-hybridized carbons (Fsp3) is 0.556. The van der Waals surface area contributed by atoms with Crippen LogP contribution in [-0.2, 0) is 4.84 Å². The van der Waals surface area contributed by atoms with Crippen LogP contribution in [0, 0.1) is 17.6 Å². The van der Waals surface area contributed by atoms with E-state index in [9.17, 15) is 0 Å². The van der Waals surface area contributed by atoms with Gasteiger partial charge in [0.1, 0.15) is 11.6 Å². The molecule has 1 heterocycles. The molecule has 0 radical (unpaired) electrons. The van der Waals surface area contributed by atoms with Gasteiger partial charge in [0.05, 0.1) is 6.61 Å². The summed E-state index contributed by atoms with van der Waals surface area (Å²) < 4.78 is 30.9. The Kier molecular flexibility index (Phi) is 10.1. The molecule has 218 valence electrons. The largest absolute Gasteiger partial charge is 0.298 e. The molecule has 0 aromatic heterocycles. The van der Waals surface area contributed by atoms with Crippen LogP contribution < -0.4 is 0 Å². The number of hydrogen-bond acceptors (Lipinski definition) is 2. The molecule has 0 atom stereocenters. The fourth-order valence-electron chi connectivity index (χ4n) is 7.20. The van der Waals surface area contributed by atoms with Crippen molar-refractivity contribution in [2.75, 3.05) is 6.61 Å². The zero-order valence-electron chi connectivity index (χ0n) is 25.3. The molecule has 2 aromatic rings. The van der Waals surface area contributed by atoms with E-state index in [0.717, 1.165) is 68.9 Å². The van der Waals surface area contributed by atoms with E-state index >= 15 is 8.78 Å². The highest BCUT2D eigenvalue weighted by atomic mass is 19.1. The number of allylic oxidation sites excluding steroid dienone is 3. The smallest absolute Gasteiger partial charge is 0.131 e. The van der Waals surface area contributed by atoms with E-state index in [1.54, 1.807) is 6.07 Å². The van der Waals surface area contributed by atoms with E-state index in [4.69, 9.17) is 4.84 Å². The van der Waals surface area contributed by atoms with Crippen LogP contribution in [0.5, 0.6) is 0 Å². The third-order valence-electron chi connectivity index (χ3n) is 8.95. The predicted octanol–water partition coefficient (Wildman–Crippen LogP) is 10.5. The lowest BCUT2D eigenvalue weighted by Gasteiger charge is -2.54. The molecule has 0 N–H and O–H groups in total. The first kappa shape index (κ1) is 30.7. The van der Waals surface area contributed by atoms with E-state index in [2.05, 4.69) is 58.4 Å². The molecular formula is C36H49F2NO. The average Bonchev–Trinajstić information content (AvgIpc) is 2.90. The first-order valence-corrected chi connectivity index (χ1v) is 15.4. The van der Waals surface area contributed by atoms with Gasteiger partial charge in [0, 0.05) is 16.6 Å². The Labute approximate surface area is 241 Å². The molecule has 2 aromatic carbocycles. The number of piperidine rings is 1. The first-order valence-electron chi connectivity index (χ1n) is 15.4. The molecule has 4 heteroatoms. The lowest BCUT2D eigenvalue weighted by Crippen LogP contribution is -2.59. The Balaban J connectivity index is 1.44. The third-order valence-corrected chi connectivity index (χ3v) is 8.95. The second-order valence-corrected chi connectivity index (χ2v) is 13.2. The Morgan fingerprint density at radius 2 is 1.60 bits per heavy atom. The van der Waals surface area contributed by atoms with Gasteiger partial charge >= 0.3 is 0 Å². The highest BCUT2D eigenvalue weighted by Gasteiger charge is 2.46. The maximum Gasteiger partial charge on any atom is 0.131 e. The van der Waals surface area contributed by atoms with Crippen molar-refractivity contribution in [3.05, 3.63) is 84.0 Å². The molecule has 1 saturated carbocycles. The lowest BCUT2D eigenvalue weighted by atomic mass is 9.72. The minimum Gasteiger partial charge on any atom is -0.298 e. The van der Waals surface area contributed by atoms with Gasteiger partial charge in [0.25, 0.3) is 0 Å². The van der Waals surface area contributed by atoms with Crippen LogP contribution in [0.15, 0.2) is 61.2 Å². The van der Waals surface area contributed by atoms with E-state index < -0.39 is 0 Å². The SMILES string of the molecule is C=CCC/C=C/C1CCC(c2ccc(-c3ccc(C4CC(C)(C)N(OCCC)C(C)(C)C4)cc3F)cc2F)CC1. The van der Waals surface area contributed by atoms with Crippen LogP contribution in [0.3, 0.4) is 0 Å². The molecule has 2 nitrogen and oxygen atoms in total. The summed E-state index contributed by atoms with van der Waals surface area (Å²) in [6.07, 6.45) is 15.5. The summed E-state index contributed by atoms with van der Waals surface area (Å²) in [6, 6.07) is 10.9. The molecule has 0 amide bonds. The molecule has 1 aliphatic carbocycles. The van der Waals surface area contributed by atoms with Crippen molar-refractivity contribution in [1.29, 1.82) is 0 Å². The predicted molar refractivity (Wildman–Crippen MR) is 163 cm³/mol. The van der Waals surface area contributed by atoms with Crippen molar-refractivity contribution in [3.8, 4) is 11.1 Å². The summed E-state index contributed by atoms with van der Waals surface area (Å²) in [5.41, 5.74) is 2.51. The van der Waals surface area contributed by atoms with Gasteiger partial charge in [-0.05, 0) is 132 Å². The molecule has 0 unspecified atom stereocenters. The molecule has 40 heavy (non-hydrogen) atoms. The Bertz CT molecular complexity index is 1160. The van der Waals surface area contributed by atoms with Gasteiger partial charge in [0.2, 0.25) is 0 Å². The second-order valence-electron chi connectivity index (χ2n) is 13.2. The number of hydrogen-bond donors (Lipinski definition) is 0. The molecule has 1 saturated heterocycles. The van der Waals surface area contributed by atoms with Gasteiger partial charge in [-0.15, -0.1) is 6.58 Å². The van der Waals surface area contributed by atoms with Crippen LogP contribution in [0.25, 0.3) is 11.1 Å². The van der Waals surface area contributed by atoms with E-state index in [0.29, 0.717) is 23.7 Å². The second kappa shape index (κ2) is 13.1. The third kappa shape index (κ3) is 7.12. The van der Waals surface area contributed by atoms with Crippen LogP contribution in [0.1, 0.15) is 115 Å². The molecule has 4 rings (SSSR count). The van der Waals surface area contributed by atoms with Gasteiger partial charge < -0.3 is 0 Å². The number of rotatable bonds is 10. The molecule has 0 spiro atoms. The van der Waals surface area contributed by atoms with Crippen molar-refractivity contribution in [2.24, 2.45) is 5.92 Å². The van der Waals surface area contributed by atoms with Crippen molar-refractivity contribution in [1.82, 2.24) is 5.06 Å². The number of benzene rings is 2. The van der Waals surface area contributed by atoms with Gasteiger partial charge in [-0.2, -0.15) is 5.06 Å². The van der Waals surface area contributed by atoms with Crippen molar-refractivity contribution < 1.29 is 13.6 Å². The Hall–Kier alpha value is -2.30. The lowest BCUT2D eigenvalue weighted by molar-refractivity contribution is -0.283. The van der Waals surface area contributed by atoms with E-state index in [1.807, 2.05) is 30.3 Å². The Morgan fingerprint density at radius 3 is 2.20 bits per heavy atom. The van der Waals surface area contributed by atoms with Gasteiger partial charge in [-0.25, -0.2) is 8.78 Å². The maximum absolute atomic E-state index is 15.5. The van der Waals surface area contributed by atoms with Gasteiger partial charge in [0.15, 0.2) is 0 Å². The zero-order valence-corrected chi connectivity index (χ0v) is 25.3. The normalized spacial score (nSPS) is 23.5. The first-order chi connectivity index (χ1) is 19.1. The van der Waals surface area contributed by atoms with Gasteiger partial charge in [-0.1, -0.05) is 49.4 Å². The number of unbranched alkanes of at least 4 members (excludes halogenated alkanes) is 1. The summed E-state index contributed by atoms with van der Waals surface area (Å²) in [5, 5.41) is 2.16. The topological polar surface area (TPSA) is 12.5 Å². The van der Waals surface area contributed by atoms with Crippen molar-refractivity contribution >= 4 is 0 Å². The number of hydroxylamine groups is 2. The van der Waals surface area contributed by atoms with Crippen molar-refractivity contribution in [3.63, 3.8) is 0 Å². The minimum atomic E-state index is -0.284. The van der Waals surface area contributed by atoms with Crippen LogP contribution in [0.4, 0.5) is 8.78 Å². The number of nitrogens with zero attached hydrogens (tertiary/aromatic N) is 1. The van der Waals surface area contributed by atoms with E-state index in [-0.39, 0.29) is 34.5 Å². The quantitative estimate of drug-likeness (QED) is 0.216. The van der Waals surface area contributed by atoms with E-state index in [1.165, 1.54) is 6.07 Å². The molecule has 2 aliphatic rings. The number of halogens is 2. The average molecular weight is 550 g/mol. The monoisotopic (exact) mass is 549 g/mol. The highest BCUT2D eigenvalue weighted by Crippen LogP contribution is 2.46. The Morgan fingerprint density at radius 1 is 0.900 bits per heavy atom. The summed E-state index contributed by atoms with van der Waals surface area (Å²) >= 11 is 0. The van der Waals surface area contributed by atoms with Crippen LogP contribution in [0.2, 0.25) is 0 Å². The zero-order chi connectivity index (χ0) is 28.9. The fourth-order valence-corrected chi connectivity index (χ4v) is 7.20. The molecule has 1 aliphatic heterocycles. The van der Waals surface area contributed by atoms with Crippen LogP contribution in [-0.4, -0.2) is 22.7 Å². The molecular weight excluding hydrogens is 500 g/mol. The summed E-state index contributed by atoms with van der Waals surface area (Å²) in [7, 11) is 0. The summed E-state index contributed by atoms with van der Waals surface area (Å²) in [6.45, 7) is 15.4. The molecule has 2 fully saturated rings. The summed E-state index contributed by atoms with van der Waals surface area (Å²) in [4.78, 5) is 6.16. The van der Waals surface area contributed by atoms with Crippen LogP contribution >= 0.6 is 0 Å². The molecule has 0 bridgehead atoms.